The van der Waals surface area contributed by atoms with Crippen molar-refractivity contribution >= 4 is 0 Å². The molecule has 2 aromatic carbocycles. The van der Waals surface area contributed by atoms with Gasteiger partial charge < -0.3 is 0 Å². The van der Waals surface area contributed by atoms with Crippen molar-refractivity contribution in [2.45, 2.75) is 19.8 Å². The van der Waals surface area contributed by atoms with Crippen LogP contribution in [0.1, 0.15) is 22.3 Å². The molecule has 82 valence electrons. The normalized spacial score (nSPS) is 12.5. The zero-order chi connectivity index (χ0) is 11.8. The lowest BCUT2D eigenvalue weighted by Crippen LogP contribution is -2.06. The Kier molecular flexibility index (Phi) is 2.23. The molecular formula is C16H13N. The molecule has 2 aromatic rings. The van der Waals surface area contributed by atoms with Gasteiger partial charge in [-0.15, -0.1) is 0 Å². The molecule has 17 heavy (non-hydrogen) atoms. The van der Waals surface area contributed by atoms with Crippen LogP contribution in [-0.2, 0) is 12.8 Å². The van der Waals surface area contributed by atoms with E-state index in [1.54, 1.807) is 0 Å². The highest BCUT2D eigenvalue weighted by atomic mass is 14.3. The van der Waals surface area contributed by atoms with Gasteiger partial charge in [0.25, 0.3) is 0 Å². The maximum atomic E-state index is 9.22. The van der Waals surface area contributed by atoms with Crippen molar-refractivity contribution < 1.29 is 0 Å². The van der Waals surface area contributed by atoms with Crippen molar-refractivity contribution in [1.29, 1.82) is 5.26 Å². The number of hydrogen-bond acceptors (Lipinski definition) is 1. The van der Waals surface area contributed by atoms with Gasteiger partial charge in [-0.25, -0.2) is 0 Å². The van der Waals surface area contributed by atoms with E-state index in [0.717, 1.165) is 24.0 Å². The molecule has 0 fully saturated rings. The van der Waals surface area contributed by atoms with Crippen molar-refractivity contribution in [3.8, 4) is 17.2 Å². The van der Waals surface area contributed by atoms with E-state index in [1.165, 1.54) is 22.3 Å². The summed E-state index contributed by atoms with van der Waals surface area (Å²) in [4.78, 5) is 0. The quantitative estimate of drug-likeness (QED) is 0.663. The highest BCUT2D eigenvalue weighted by molar-refractivity contribution is 5.76. The number of fused-ring (bicyclic) bond motifs is 3. The second-order valence-electron chi connectivity index (χ2n) is 4.61. The molecule has 3 rings (SSSR count). The molecule has 0 aliphatic heterocycles. The lowest BCUT2D eigenvalue weighted by molar-refractivity contribution is 0.936. The summed E-state index contributed by atoms with van der Waals surface area (Å²) in [6, 6.07) is 15.0. The third kappa shape index (κ3) is 1.54. The standard InChI is InChI=1S/C16H13N/c1-11-8-13(10-17)15-7-6-12-4-2-3-5-14(12)16(15)9-11/h2-5,8-9H,6-7H2,1H3. The van der Waals surface area contributed by atoms with Crippen LogP contribution in [0.2, 0.25) is 0 Å². The first-order valence-electron chi connectivity index (χ1n) is 5.91. The molecule has 0 amide bonds. The minimum absolute atomic E-state index is 0.842. The van der Waals surface area contributed by atoms with Crippen molar-refractivity contribution in [3.63, 3.8) is 0 Å². The van der Waals surface area contributed by atoms with Crippen molar-refractivity contribution in [3.05, 3.63) is 58.7 Å². The van der Waals surface area contributed by atoms with Crippen LogP contribution in [0.15, 0.2) is 36.4 Å². The topological polar surface area (TPSA) is 23.8 Å². The predicted octanol–water partition coefficient (Wildman–Crippen LogP) is 3.63. The van der Waals surface area contributed by atoms with Gasteiger partial charge in [-0.05, 0) is 53.6 Å². The number of benzene rings is 2. The van der Waals surface area contributed by atoms with E-state index in [-0.39, 0.29) is 0 Å². The van der Waals surface area contributed by atoms with Crippen LogP contribution in [0.25, 0.3) is 11.1 Å². The summed E-state index contributed by atoms with van der Waals surface area (Å²) in [5.74, 6) is 0. The van der Waals surface area contributed by atoms with Gasteiger partial charge >= 0.3 is 0 Å². The predicted molar refractivity (Wildman–Crippen MR) is 68.7 cm³/mol. The lowest BCUT2D eigenvalue weighted by Gasteiger charge is -2.21. The molecule has 1 aliphatic carbocycles. The van der Waals surface area contributed by atoms with E-state index in [9.17, 15) is 5.26 Å². The molecular weight excluding hydrogens is 206 g/mol. The zero-order valence-electron chi connectivity index (χ0n) is 9.83. The summed E-state index contributed by atoms with van der Waals surface area (Å²) in [7, 11) is 0. The molecule has 0 aromatic heterocycles. The fraction of sp³-hybridized carbons (Fsp3) is 0.188. The van der Waals surface area contributed by atoms with E-state index in [4.69, 9.17) is 0 Å². The molecule has 0 bridgehead atoms. The van der Waals surface area contributed by atoms with Crippen LogP contribution < -0.4 is 0 Å². The molecule has 0 saturated heterocycles. The number of nitrogens with zero attached hydrogens (tertiary/aromatic N) is 1. The van der Waals surface area contributed by atoms with Gasteiger partial charge in [0.05, 0.1) is 11.6 Å². The summed E-state index contributed by atoms with van der Waals surface area (Å²) in [5.41, 5.74) is 7.18. The average Bonchev–Trinajstić information content (AvgIpc) is 2.37. The van der Waals surface area contributed by atoms with E-state index in [1.807, 2.05) is 6.07 Å². The van der Waals surface area contributed by atoms with Gasteiger partial charge in [0, 0.05) is 0 Å². The van der Waals surface area contributed by atoms with Crippen molar-refractivity contribution in [2.24, 2.45) is 0 Å². The fourth-order valence-electron chi connectivity index (χ4n) is 2.69. The SMILES string of the molecule is Cc1cc(C#N)c2c(c1)-c1ccccc1CC2. The van der Waals surface area contributed by atoms with Gasteiger partial charge in [0.2, 0.25) is 0 Å². The average molecular weight is 219 g/mol. The maximum Gasteiger partial charge on any atom is 0.0994 e. The Balaban J connectivity index is 2.33. The maximum absolute atomic E-state index is 9.22. The first-order valence-corrected chi connectivity index (χ1v) is 5.91. The van der Waals surface area contributed by atoms with Crippen molar-refractivity contribution in [2.75, 3.05) is 0 Å². The van der Waals surface area contributed by atoms with Gasteiger partial charge in [-0.2, -0.15) is 5.26 Å². The molecule has 0 unspecified atom stereocenters. The lowest BCUT2D eigenvalue weighted by atomic mass is 9.82. The third-order valence-electron chi connectivity index (χ3n) is 3.47. The van der Waals surface area contributed by atoms with Crippen LogP contribution in [0, 0.1) is 18.3 Å². The molecule has 0 radical (unpaired) electrons. The zero-order valence-corrected chi connectivity index (χ0v) is 9.83. The Hall–Kier alpha value is -2.07. The van der Waals surface area contributed by atoms with Crippen molar-refractivity contribution in [1.82, 2.24) is 0 Å². The minimum atomic E-state index is 0.842. The molecule has 0 saturated carbocycles. The molecule has 1 nitrogen and oxygen atoms in total. The number of aryl methyl sites for hydroxylation is 2. The molecule has 1 aliphatic rings. The molecule has 0 heterocycles. The molecule has 0 atom stereocenters. The van der Waals surface area contributed by atoms with Gasteiger partial charge in [-0.3, -0.25) is 0 Å². The molecule has 0 spiro atoms. The number of nitriles is 1. The van der Waals surface area contributed by atoms with E-state index in [0.29, 0.717) is 0 Å². The van der Waals surface area contributed by atoms with E-state index < -0.39 is 0 Å². The highest BCUT2D eigenvalue weighted by Crippen LogP contribution is 2.35. The van der Waals surface area contributed by atoms with Crippen LogP contribution in [0.5, 0.6) is 0 Å². The van der Waals surface area contributed by atoms with Crippen LogP contribution in [-0.4, -0.2) is 0 Å². The van der Waals surface area contributed by atoms with Crippen LogP contribution in [0.3, 0.4) is 0 Å². The molecule has 1 heteroatoms. The first-order chi connectivity index (χ1) is 8.29. The second-order valence-corrected chi connectivity index (χ2v) is 4.61. The van der Waals surface area contributed by atoms with Gasteiger partial charge in [-0.1, -0.05) is 30.3 Å². The Morgan fingerprint density at radius 3 is 2.71 bits per heavy atom. The number of hydrogen-bond donors (Lipinski definition) is 0. The summed E-state index contributed by atoms with van der Waals surface area (Å²) >= 11 is 0. The summed E-state index contributed by atoms with van der Waals surface area (Å²) in [6.45, 7) is 2.05. The summed E-state index contributed by atoms with van der Waals surface area (Å²) in [6.07, 6.45) is 2.02. The number of rotatable bonds is 0. The van der Waals surface area contributed by atoms with Gasteiger partial charge in [0.1, 0.15) is 0 Å². The minimum Gasteiger partial charge on any atom is -0.192 e. The first kappa shape index (κ1) is 10.1. The Bertz CT molecular complexity index is 632. The highest BCUT2D eigenvalue weighted by Gasteiger charge is 2.18. The Morgan fingerprint density at radius 2 is 1.88 bits per heavy atom. The van der Waals surface area contributed by atoms with Crippen LogP contribution in [0.4, 0.5) is 0 Å². The monoisotopic (exact) mass is 219 g/mol. The summed E-state index contributed by atoms with van der Waals surface area (Å²) in [5, 5.41) is 9.22. The van der Waals surface area contributed by atoms with Gasteiger partial charge in [0.15, 0.2) is 0 Å². The Morgan fingerprint density at radius 1 is 1.06 bits per heavy atom. The fourth-order valence-corrected chi connectivity index (χ4v) is 2.69. The largest absolute Gasteiger partial charge is 0.192 e. The molecule has 0 N–H and O–H groups in total. The third-order valence-corrected chi connectivity index (χ3v) is 3.47. The van der Waals surface area contributed by atoms with E-state index >= 15 is 0 Å². The van der Waals surface area contributed by atoms with Crippen LogP contribution >= 0.6 is 0 Å². The smallest absolute Gasteiger partial charge is 0.0994 e. The summed E-state index contributed by atoms with van der Waals surface area (Å²) < 4.78 is 0. The second kappa shape index (κ2) is 3.75. The Labute approximate surface area is 101 Å². The van der Waals surface area contributed by atoms with E-state index in [2.05, 4.69) is 43.3 Å².